The number of nitrogens with zero attached hydrogens (tertiary/aromatic N) is 4. The van der Waals surface area contributed by atoms with Crippen LogP contribution in [0.25, 0.3) is 0 Å². The summed E-state index contributed by atoms with van der Waals surface area (Å²) in [5.74, 6) is -0.148. The van der Waals surface area contributed by atoms with Gasteiger partial charge in [-0.2, -0.15) is 4.31 Å². The molecule has 1 aromatic heterocycles. The summed E-state index contributed by atoms with van der Waals surface area (Å²) in [7, 11) is -3.80. The predicted octanol–water partition coefficient (Wildman–Crippen LogP) is 2.60. The first-order chi connectivity index (χ1) is 15.3. The van der Waals surface area contributed by atoms with Crippen molar-refractivity contribution in [3.63, 3.8) is 0 Å². The average Bonchev–Trinajstić information content (AvgIpc) is 2.82. The van der Waals surface area contributed by atoms with E-state index in [1.807, 2.05) is 4.90 Å². The van der Waals surface area contributed by atoms with Crippen molar-refractivity contribution < 1.29 is 18.3 Å². The van der Waals surface area contributed by atoms with Gasteiger partial charge in [0.1, 0.15) is 5.75 Å². The number of phenols is 1. The van der Waals surface area contributed by atoms with Gasteiger partial charge in [0.25, 0.3) is 5.91 Å². The summed E-state index contributed by atoms with van der Waals surface area (Å²) in [6, 6.07) is 11.8. The number of benzene rings is 2. The maximum absolute atomic E-state index is 13.1. The van der Waals surface area contributed by atoms with Crippen LogP contribution in [0.3, 0.4) is 0 Å². The second kappa shape index (κ2) is 9.11. The summed E-state index contributed by atoms with van der Waals surface area (Å²) in [5, 5.41) is 12.8. The standard InChI is InChI=1S/C21H20ClN5O4S/c22-16-5-6-19(28)18(14-16)25-20(29)15-3-1-4-17(13-15)32(30,31)27-11-9-26(10-12-27)21-23-7-2-8-24-21/h1-8,13-14,28H,9-12H2,(H,25,29). The van der Waals surface area contributed by atoms with Crippen molar-refractivity contribution in [3.8, 4) is 5.75 Å². The molecule has 1 amide bonds. The number of aromatic nitrogens is 2. The number of sulfonamides is 1. The quantitative estimate of drug-likeness (QED) is 0.547. The Morgan fingerprint density at radius 1 is 1.00 bits per heavy atom. The van der Waals surface area contributed by atoms with Gasteiger partial charge in [0, 0.05) is 49.2 Å². The molecule has 166 valence electrons. The molecule has 1 fully saturated rings. The lowest BCUT2D eigenvalue weighted by Gasteiger charge is -2.33. The fraction of sp³-hybridized carbons (Fsp3) is 0.190. The molecule has 2 heterocycles. The van der Waals surface area contributed by atoms with Crippen molar-refractivity contribution in [2.75, 3.05) is 36.4 Å². The number of amides is 1. The predicted molar refractivity (Wildman–Crippen MR) is 121 cm³/mol. The lowest BCUT2D eigenvalue weighted by molar-refractivity contribution is 0.102. The second-order valence-corrected chi connectivity index (χ2v) is 9.46. The van der Waals surface area contributed by atoms with Crippen LogP contribution in [-0.4, -0.2) is 59.9 Å². The number of rotatable bonds is 5. The highest BCUT2D eigenvalue weighted by Gasteiger charge is 2.29. The summed E-state index contributed by atoms with van der Waals surface area (Å²) >= 11 is 5.91. The molecule has 3 aromatic rings. The zero-order valence-corrected chi connectivity index (χ0v) is 18.4. The lowest BCUT2D eigenvalue weighted by atomic mass is 10.2. The molecule has 2 aromatic carbocycles. The molecule has 9 nitrogen and oxygen atoms in total. The van der Waals surface area contributed by atoms with Crippen LogP contribution in [0.2, 0.25) is 5.02 Å². The fourth-order valence-corrected chi connectivity index (χ4v) is 4.97. The number of phenolic OH excluding ortho intramolecular Hbond substituents is 1. The van der Waals surface area contributed by atoms with Gasteiger partial charge in [-0.25, -0.2) is 18.4 Å². The first kappa shape index (κ1) is 22.0. The van der Waals surface area contributed by atoms with Crippen molar-refractivity contribution in [2.45, 2.75) is 4.90 Å². The average molecular weight is 474 g/mol. The molecule has 2 N–H and O–H groups in total. The van der Waals surface area contributed by atoms with E-state index in [0.29, 0.717) is 24.1 Å². The molecule has 4 rings (SSSR count). The Morgan fingerprint density at radius 3 is 2.44 bits per heavy atom. The minimum atomic E-state index is -3.80. The molecular weight excluding hydrogens is 454 g/mol. The van der Waals surface area contributed by atoms with Crippen LogP contribution in [0.4, 0.5) is 11.6 Å². The van der Waals surface area contributed by atoms with Crippen molar-refractivity contribution in [1.82, 2.24) is 14.3 Å². The molecule has 0 unspecified atom stereocenters. The van der Waals surface area contributed by atoms with E-state index >= 15 is 0 Å². The first-order valence-corrected chi connectivity index (χ1v) is 11.6. The molecule has 11 heteroatoms. The molecule has 1 aliphatic rings. The molecule has 0 bridgehead atoms. The maximum Gasteiger partial charge on any atom is 0.255 e. The molecular formula is C21H20ClN5O4S. The number of hydrogen-bond donors (Lipinski definition) is 2. The molecule has 0 aliphatic carbocycles. The molecule has 1 aliphatic heterocycles. The number of nitrogens with one attached hydrogen (secondary N) is 1. The number of carbonyl (C=O) groups is 1. The Morgan fingerprint density at radius 2 is 1.72 bits per heavy atom. The van der Waals surface area contributed by atoms with E-state index < -0.39 is 15.9 Å². The topological polar surface area (TPSA) is 116 Å². The van der Waals surface area contributed by atoms with E-state index in [1.165, 1.54) is 46.8 Å². The molecule has 0 atom stereocenters. The number of halogens is 1. The summed E-state index contributed by atoms with van der Waals surface area (Å²) in [4.78, 5) is 23.0. The van der Waals surface area contributed by atoms with Gasteiger partial charge in [0.05, 0.1) is 10.6 Å². The van der Waals surface area contributed by atoms with Gasteiger partial charge in [-0.15, -0.1) is 0 Å². The van der Waals surface area contributed by atoms with Crippen molar-refractivity contribution in [2.24, 2.45) is 0 Å². The Hall–Kier alpha value is -3.21. The third kappa shape index (κ3) is 4.67. The van der Waals surface area contributed by atoms with Crippen molar-refractivity contribution in [3.05, 3.63) is 71.5 Å². The van der Waals surface area contributed by atoms with Crippen LogP contribution >= 0.6 is 11.6 Å². The normalized spacial score (nSPS) is 14.8. The van der Waals surface area contributed by atoms with Gasteiger partial charge >= 0.3 is 0 Å². The minimum Gasteiger partial charge on any atom is -0.506 e. The Labute approximate surface area is 190 Å². The number of aromatic hydroxyl groups is 1. The second-order valence-electron chi connectivity index (χ2n) is 7.08. The summed E-state index contributed by atoms with van der Waals surface area (Å²) in [5.41, 5.74) is 0.275. The van der Waals surface area contributed by atoms with Crippen LogP contribution in [0.1, 0.15) is 10.4 Å². The highest BCUT2D eigenvalue weighted by atomic mass is 35.5. The van der Waals surface area contributed by atoms with Crippen molar-refractivity contribution in [1.29, 1.82) is 0 Å². The summed E-state index contributed by atoms with van der Waals surface area (Å²) < 4.78 is 27.7. The Balaban J connectivity index is 1.48. The molecule has 0 spiro atoms. The van der Waals surface area contributed by atoms with E-state index in [-0.39, 0.29) is 35.0 Å². The molecule has 0 radical (unpaired) electrons. The van der Waals surface area contributed by atoms with E-state index in [1.54, 1.807) is 18.5 Å². The molecule has 32 heavy (non-hydrogen) atoms. The van der Waals surface area contributed by atoms with Gasteiger partial charge in [-0.1, -0.05) is 17.7 Å². The third-order valence-corrected chi connectivity index (χ3v) is 7.14. The third-order valence-electron chi connectivity index (χ3n) is 5.01. The van der Waals surface area contributed by atoms with E-state index in [4.69, 9.17) is 11.6 Å². The fourth-order valence-electron chi connectivity index (χ4n) is 3.33. The minimum absolute atomic E-state index is 0.0184. The van der Waals surface area contributed by atoms with Crippen LogP contribution in [0, 0.1) is 0 Å². The number of piperazine rings is 1. The van der Waals surface area contributed by atoms with Gasteiger partial charge in [-0.3, -0.25) is 4.79 Å². The SMILES string of the molecule is O=C(Nc1cc(Cl)ccc1O)c1cccc(S(=O)(=O)N2CCN(c3ncccn3)CC2)c1. The maximum atomic E-state index is 13.1. The van der Waals surface area contributed by atoms with Gasteiger partial charge in [0.15, 0.2) is 0 Å². The van der Waals surface area contributed by atoms with E-state index in [2.05, 4.69) is 15.3 Å². The van der Waals surface area contributed by atoms with E-state index in [0.717, 1.165) is 0 Å². The first-order valence-electron chi connectivity index (χ1n) is 9.76. The highest BCUT2D eigenvalue weighted by molar-refractivity contribution is 7.89. The van der Waals surface area contributed by atoms with Crippen LogP contribution in [0.5, 0.6) is 5.75 Å². The number of carbonyl (C=O) groups excluding carboxylic acids is 1. The van der Waals surface area contributed by atoms with Gasteiger partial charge in [0.2, 0.25) is 16.0 Å². The van der Waals surface area contributed by atoms with Gasteiger partial charge in [-0.05, 0) is 42.5 Å². The lowest BCUT2D eigenvalue weighted by Crippen LogP contribution is -2.49. The van der Waals surface area contributed by atoms with E-state index in [9.17, 15) is 18.3 Å². The smallest absolute Gasteiger partial charge is 0.255 e. The summed E-state index contributed by atoms with van der Waals surface area (Å²) in [6.07, 6.45) is 3.29. The van der Waals surface area contributed by atoms with Crippen LogP contribution in [0.15, 0.2) is 65.8 Å². The molecule has 1 saturated heterocycles. The van der Waals surface area contributed by atoms with Crippen LogP contribution in [-0.2, 0) is 10.0 Å². The zero-order valence-electron chi connectivity index (χ0n) is 16.8. The van der Waals surface area contributed by atoms with Crippen molar-refractivity contribution >= 4 is 39.2 Å². The molecule has 0 saturated carbocycles. The largest absolute Gasteiger partial charge is 0.506 e. The highest BCUT2D eigenvalue weighted by Crippen LogP contribution is 2.27. The Kier molecular flexibility index (Phi) is 6.26. The number of hydrogen-bond acceptors (Lipinski definition) is 7. The monoisotopic (exact) mass is 473 g/mol. The Bertz CT molecular complexity index is 1230. The number of anilines is 2. The summed E-state index contributed by atoms with van der Waals surface area (Å²) in [6.45, 7) is 1.45. The zero-order chi connectivity index (χ0) is 22.7. The van der Waals surface area contributed by atoms with Crippen LogP contribution < -0.4 is 10.2 Å². The van der Waals surface area contributed by atoms with Gasteiger partial charge < -0.3 is 15.3 Å².